The Bertz CT molecular complexity index is 1110. The highest BCUT2D eigenvalue weighted by Gasteiger charge is 2.24. The summed E-state index contributed by atoms with van der Waals surface area (Å²) >= 11 is 0. The highest BCUT2D eigenvalue weighted by atomic mass is 32.2. The van der Waals surface area contributed by atoms with Gasteiger partial charge in [-0.05, 0) is 50.2 Å². The second kappa shape index (κ2) is 44.3. The summed E-state index contributed by atoms with van der Waals surface area (Å²) in [5, 5.41) is 0. The van der Waals surface area contributed by atoms with Crippen molar-refractivity contribution in [1.82, 2.24) is 0 Å². The average molecular weight is 874 g/mol. The Labute approximate surface area is 384 Å². The van der Waals surface area contributed by atoms with Crippen LogP contribution < -0.4 is 0 Å². The number of hydrogen-bond acceptors (Lipinski definition) is 3. The number of unbranched alkanes of at least 4 members (excludes halogenated alkanes) is 41. The Balaban J connectivity index is 2.51. The van der Waals surface area contributed by atoms with Crippen LogP contribution in [0.25, 0.3) is 0 Å². The van der Waals surface area contributed by atoms with Gasteiger partial charge in [0.15, 0.2) is 0 Å². The minimum Gasteiger partial charge on any atom is -0.266 e. The molecule has 4 heteroatoms. The zero-order valence-corrected chi connectivity index (χ0v) is 42.8. The van der Waals surface area contributed by atoms with Gasteiger partial charge in [0, 0.05) is 0 Å². The van der Waals surface area contributed by atoms with Gasteiger partial charge in [-0.1, -0.05) is 302 Å². The molecule has 0 aliphatic carbocycles. The van der Waals surface area contributed by atoms with Gasteiger partial charge in [-0.3, -0.25) is 4.18 Å². The molecule has 0 bridgehead atoms. The molecule has 0 saturated heterocycles. The van der Waals surface area contributed by atoms with Gasteiger partial charge >= 0.3 is 0 Å². The molecule has 0 aromatic heterocycles. The maximum Gasteiger partial charge on any atom is 0.297 e. The predicted molar refractivity (Wildman–Crippen MR) is 272 cm³/mol. The first kappa shape index (κ1) is 58.1. The average Bonchev–Trinajstić information content (AvgIpc) is 3.24. The van der Waals surface area contributed by atoms with Gasteiger partial charge in [0.05, 0.1) is 6.61 Å². The summed E-state index contributed by atoms with van der Waals surface area (Å²) in [6.45, 7) is 9.34. The van der Waals surface area contributed by atoms with Gasteiger partial charge in [-0.25, -0.2) is 0 Å². The molecular weight excluding hydrogens is 765 g/mol. The molecule has 0 spiro atoms. The van der Waals surface area contributed by atoms with E-state index >= 15 is 0 Å². The second-order valence-corrected chi connectivity index (χ2v) is 21.2. The molecule has 0 atom stereocenters. The predicted octanol–water partition coefficient (Wildman–Crippen LogP) is 20.0. The van der Waals surface area contributed by atoms with E-state index in [1.165, 1.54) is 262 Å². The Morgan fingerprint density at radius 2 is 0.541 bits per heavy atom. The quantitative estimate of drug-likeness (QED) is 0.0484. The lowest BCUT2D eigenvalue weighted by Crippen LogP contribution is -2.14. The summed E-state index contributed by atoms with van der Waals surface area (Å²) < 4.78 is 33.9. The van der Waals surface area contributed by atoms with Crippen LogP contribution in [-0.4, -0.2) is 15.0 Å². The van der Waals surface area contributed by atoms with Crippen molar-refractivity contribution in [3.05, 3.63) is 28.8 Å². The minimum atomic E-state index is -3.80. The fourth-order valence-corrected chi connectivity index (χ4v) is 10.9. The van der Waals surface area contributed by atoms with Crippen molar-refractivity contribution in [2.24, 2.45) is 0 Å². The van der Waals surface area contributed by atoms with Gasteiger partial charge < -0.3 is 0 Å². The summed E-state index contributed by atoms with van der Waals surface area (Å²) in [7, 11) is -3.80. The summed E-state index contributed by atoms with van der Waals surface area (Å²) in [6.07, 6.45) is 60.1. The normalized spacial score (nSPS) is 11.9. The minimum absolute atomic E-state index is 0.311. The van der Waals surface area contributed by atoms with Gasteiger partial charge in [0.2, 0.25) is 0 Å². The van der Waals surface area contributed by atoms with Crippen LogP contribution >= 0.6 is 0 Å². The lowest BCUT2D eigenvalue weighted by Gasteiger charge is -2.17. The van der Waals surface area contributed by atoms with Crippen LogP contribution in [0.3, 0.4) is 0 Å². The van der Waals surface area contributed by atoms with E-state index < -0.39 is 10.1 Å². The standard InChI is InChI=1S/C57H108O3S/c1-5-8-11-14-17-20-23-26-29-30-33-36-39-42-45-48-51-60-61(58,59)57-55(49-46-43-40-37-34-31-27-24-21-18-15-12-9-6-2)52-54(4)53-56(57)50-47-44-41-38-35-32-28-25-22-19-16-13-10-7-3/h52-53H,5-51H2,1-4H3. The molecule has 0 saturated carbocycles. The Morgan fingerprint density at radius 1 is 0.328 bits per heavy atom. The van der Waals surface area contributed by atoms with E-state index in [9.17, 15) is 8.42 Å². The molecule has 0 unspecified atom stereocenters. The van der Waals surface area contributed by atoms with Gasteiger partial charge in [-0.2, -0.15) is 8.42 Å². The Kier molecular flexibility index (Phi) is 42.3. The SMILES string of the molecule is CCCCCCCCCCCCCCCCCCOS(=O)(=O)c1c(CCCCCCCCCCCCCCCC)cc(C)cc1CCCCCCCCCCCCCCCC. The maximum absolute atomic E-state index is 14.0. The van der Waals surface area contributed by atoms with E-state index in [2.05, 4.69) is 39.8 Å². The van der Waals surface area contributed by atoms with E-state index in [1.54, 1.807) is 0 Å². The van der Waals surface area contributed by atoms with Crippen LogP contribution in [0.2, 0.25) is 0 Å². The van der Waals surface area contributed by atoms with E-state index in [0.717, 1.165) is 49.7 Å². The molecule has 61 heavy (non-hydrogen) atoms. The second-order valence-electron chi connectivity index (χ2n) is 19.7. The number of aryl methyl sites for hydroxylation is 3. The molecule has 1 aromatic carbocycles. The van der Waals surface area contributed by atoms with Gasteiger partial charge in [0.25, 0.3) is 10.1 Å². The van der Waals surface area contributed by atoms with E-state index in [1.807, 2.05) is 0 Å². The van der Waals surface area contributed by atoms with Crippen molar-refractivity contribution in [3.8, 4) is 0 Å². The van der Waals surface area contributed by atoms with Crippen LogP contribution in [0.4, 0.5) is 0 Å². The molecular formula is C57H108O3S. The molecule has 3 nitrogen and oxygen atoms in total. The third kappa shape index (κ3) is 36.1. The smallest absolute Gasteiger partial charge is 0.266 e. The molecule has 0 amide bonds. The zero-order chi connectivity index (χ0) is 44.2. The number of rotatable bonds is 49. The zero-order valence-electron chi connectivity index (χ0n) is 42.0. The lowest BCUT2D eigenvalue weighted by atomic mass is 9.97. The molecule has 0 fully saturated rings. The summed E-state index contributed by atoms with van der Waals surface area (Å²) in [4.78, 5) is 0.527. The van der Waals surface area contributed by atoms with Crippen LogP contribution in [0.5, 0.6) is 0 Å². The first-order valence-corrected chi connectivity index (χ1v) is 29.4. The fourth-order valence-electron chi connectivity index (χ4n) is 9.52. The van der Waals surface area contributed by atoms with Crippen molar-refractivity contribution in [2.45, 2.75) is 328 Å². The highest BCUT2D eigenvalue weighted by Crippen LogP contribution is 2.29. The number of hydrogen-bond donors (Lipinski definition) is 0. The largest absolute Gasteiger partial charge is 0.297 e. The highest BCUT2D eigenvalue weighted by molar-refractivity contribution is 7.86. The first-order chi connectivity index (χ1) is 30.0. The van der Waals surface area contributed by atoms with Crippen molar-refractivity contribution < 1.29 is 12.6 Å². The molecule has 0 radical (unpaired) electrons. The van der Waals surface area contributed by atoms with E-state index in [0.29, 0.717) is 11.5 Å². The van der Waals surface area contributed by atoms with Crippen molar-refractivity contribution in [2.75, 3.05) is 6.61 Å². The molecule has 0 N–H and O–H groups in total. The summed E-state index contributed by atoms with van der Waals surface area (Å²) in [5.41, 5.74) is 3.20. The number of benzene rings is 1. The summed E-state index contributed by atoms with van der Waals surface area (Å²) in [5.74, 6) is 0. The van der Waals surface area contributed by atoms with Gasteiger partial charge in [-0.15, -0.1) is 0 Å². The Hall–Kier alpha value is -0.870. The van der Waals surface area contributed by atoms with Crippen molar-refractivity contribution >= 4 is 10.1 Å². The Morgan fingerprint density at radius 3 is 0.787 bits per heavy atom. The first-order valence-electron chi connectivity index (χ1n) is 28.0. The van der Waals surface area contributed by atoms with E-state index in [-0.39, 0.29) is 0 Å². The van der Waals surface area contributed by atoms with Crippen LogP contribution in [0, 0.1) is 6.92 Å². The summed E-state index contributed by atoms with van der Waals surface area (Å²) in [6, 6.07) is 4.31. The lowest BCUT2D eigenvalue weighted by molar-refractivity contribution is 0.305. The third-order valence-corrected chi connectivity index (χ3v) is 15.0. The maximum atomic E-state index is 14.0. The molecule has 0 aliphatic heterocycles. The molecule has 360 valence electrons. The monoisotopic (exact) mass is 873 g/mol. The van der Waals surface area contributed by atoms with Crippen LogP contribution in [0.15, 0.2) is 17.0 Å². The van der Waals surface area contributed by atoms with Gasteiger partial charge in [0.1, 0.15) is 4.90 Å². The van der Waals surface area contributed by atoms with Crippen LogP contribution in [0.1, 0.15) is 320 Å². The molecule has 0 aliphatic rings. The molecule has 1 rings (SSSR count). The van der Waals surface area contributed by atoms with Crippen molar-refractivity contribution in [3.63, 3.8) is 0 Å². The molecule has 0 heterocycles. The fraction of sp³-hybridized carbons (Fsp3) is 0.895. The van der Waals surface area contributed by atoms with Crippen molar-refractivity contribution in [1.29, 1.82) is 0 Å². The van der Waals surface area contributed by atoms with E-state index in [4.69, 9.17) is 4.18 Å². The third-order valence-electron chi connectivity index (χ3n) is 13.5. The topological polar surface area (TPSA) is 43.4 Å². The molecule has 1 aromatic rings. The van der Waals surface area contributed by atoms with Crippen LogP contribution in [-0.2, 0) is 27.1 Å².